The number of amides is 2. The van der Waals surface area contributed by atoms with E-state index in [4.69, 9.17) is 0 Å². The molecule has 2 aromatic rings. The minimum atomic E-state index is -0.0196. The van der Waals surface area contributed by atoms with Crippen LogP contribution in [-0.4, -0.2) is 58.5 Å². The van der Waals surface area contributed by atoms with Gasteiger partial charge in [-0.3, -0.25) is 19.4 Å². The minimum Gasteiger partial charge on any atom is -0.361 e. The summed E-state index contributed by atoms with van der Waals surface area (Å²) in [6.07, 6.45) is 12.7. The number of hydrogen-bond donors (Lipinski definition) is 1. The number of thioether (sulfide) groups is 1. The first-order chi connectivity index (χ1) is 15.2. The number of likely N-dealkylation sites (tertiary alicyclic amines) is 2. The van der Waals surface area contributed by atoms with Gasteiger partial charge in [0.05, 0.1) is 11.8 Å². The zero-order chi connectivity index (χ0) is 21.4. The number of nitrogens with zero attached hydrogens (tertiary/aromatic N) is 2. The number of aromatic amines is 1. The lowest BCUT2D eigenvalue weighted by Crippen LogP contribution is -2.36. The van der Waals surface area contributed by atoms with Crippen LogP contribution in [0.5, 0.6) is 0 Å². The van der Waals surface area contributed by atoms with Crippen LogP contribution in [0.4, 0.5) is 0 Å². The molecule has 0 spiro atoms. The van der Waals surface area contributed by atoms with E-state index in [-0.39, 0.29) is 23.7 Å². The first kappa shape index (κ1) is 21.1. The van der Waals surface area contributed by atoms with E-state index < -0.39 is 0 Å². The number of H-pyrrole nitrogens is 1. The molecule has 1 N–H and O–H groups in total. The summed E-state index contributed by atoms with van der Waals surface area (Å²) < 4.78 is 0. The van der Waals surface area contributed by atoms with E-state index in [1.165, 1.54) is 34.2 Å². The molecule has 2 saturated heterocycles. The number of benzene rings is 1. The SMILES string of the molecule is CSc1ccc2[nH]cc(C[C@H]3CCCN3CCCN3C(=O)[C@@H]4CCCC[C@H]4C3=O)c2c1. The fourth-order valence-electron chi connectivity index (χ4n) is 6.01. The molecule has 5 nitrogen and oxygen atoms in total. The maximum absolute atomic E-state index is 12.7. The predicted octanol–water partition coefficient (Wildman–Crippen LogP) is 4.46. The number of rotatable bonds is 7. The van der Waals surface area contributed by atoms with Crippen molar-refractivity contribution in [1.82, 2.24) is 14.8 Å². The third-order valence-corrected chi connectivity index (χ3v) is 8.41. The minimum absolute atomic E-state index is 0.0196. The molecule has 3 heterocycles. The molecule has 5 rings (SSSR count). The summed E-state index contributed by atoms with van der Waals surface area (Å²) in [6, 6.07) is 7.20. The van der Waals surface area contributed by atoms with Gasteiger partial charge in [-0.15, -0.1) is 11.8 Å². The molecule has 1 saturated carbocycles. The Balaban J connectivity index is 1.19. The normalized spacial score (nSPS) is 26.9. The molecule has 1 aromatic carbocycles. The fourth-order valence-corrected chi connectivity index (χ4v) is 6.45. The molecule has 3 aliphatic rings. The lowest BCUT2D eigenvalue weighted by Gasteiger charge is -2.25. The van der Waals surface area contributed by atoms with Crippen molar-refractivity contribution in [3.8, 4) is 0 Å². The van der Waals surface area contributed by atoms with Gasteiger partial charge in [-0.25, -0.2) is 0 Å². The van der Waals surface area contributed by atoms with Gasteiger partial charge in [0.25, 0.3) is 0 Å². The Hall–Kier alpha value is -1.79. The van der Waals surface area contributed by atoms with E-state index in [0.29, 0.717) is 12.6 Å². The van der Waals surface area contributed by atoms with Gasteiger partial charge in [0.2, 0.25) is 11.8 Å². The molecule has 2 aliphatic heterocycles. The van der Waals surface area contributed by atoms with Crippen LogP contribution in [0.1, 0.15) is 50.5 Å². The number of imide groups is 1. The number of nitrogens with one attached hydrogen (secondary N) is 1. The summed E-state index contributed by atoms with van der Waals surface area (Å²) in [4.78, 5) is 34.3. The van der Waals surface area contributed by atoms with Crippen molar-refractivity contribution in [2.45, 2.75) is 62.3 Å². The van der Waals surface area contributed by atoms with Gasteiger partial charge in [0, 0.05) is 41.1 Å². The zero-order valence-electron chi connectivity index (χ0n) is 18.4. The number of fused-ring (bicyclic) bond motifs is 2. The molecule has 0 bridgehead atoms. The van der Waals surface area contributed by atoms with Crippen molar-refractivity contribution in [2.75, 3.05) is 25.9 Å². The van der Waals surface area contributed by atoms with Crippen molar-refractivity contribution in [1.29, 1.82) is 0 Å². The monoisotopic (exact) mass is 439 g/mol. The van der Waals surface area contributed by atoms with Crippen molar-refractivity contribution < 1.29 is 9.59 Å². The molecule has 1 aliphatic carbocycles. The van der Waals surface area contributed by atoms with Crippen LogP contribution >= 0.6 is 11.8 Å². The maximum atomic E-state index is 12.7. The van der Waals surface area contributed by atoms with Crippen LogP contribution in [0, 0.1) is 11.8 Å². The second kappa shape index (κ2) is 8.99. The van der Waals surface area contributed by atoms with Gasteiger partial charge in [-0.1, -0.05) is 12.8 Å². The Morgan fingerprint density at radius 2 is 1.81 bits per heavy atom. The van der Waals surface area contributed by atoms with E-state index in [1.807, 2.05) is 0 Å². The van der Waals surface area contributed by atoms with Crippen LogP contribution in [0.2, 0.25) is 0 Å². The summed E-state index contributed by atoms with van der Waals surface area (Å²) in [6.45, 7) is 2.68. The number of carbonyl (C=O) groups is 2. The van der Waals surface area contributed by atoms with Crippen LogP contribution in [0.3, 0.4) is 0 Å². The molecule has 3 fully saturated rings. The molecular formula is C25H33N3O2S. The third-order valence-electron chi connectivity index (χ3n) is 7.69. The molecule has 0 unspecified atom stereocenters. The predicted molar refractivity (Wildman–Crippen MR) is 125 cm³/mol. The summed E-state index contributed by atoms with van der Waals surface area (Å²) in [5.41, 5.74) is 2.61. The lowest BCUT2D eigenvalue weighted by atomic mass is 9.81. The largest absolute Gasteiger partial charge is 0.361 e. The Kier molecular flexibility index (Phi) is 6.11. The van der Waals surface area contributed by atoms with Crippen molar-refractivity contribution in [2.24, 2.45) is 11.8 Å². The highest BCUT2D eigenvalue weighted by atomic mass is 32.2. The molecule has 1 aromatic heterocycles. The molecule has 166 valence electrons. The standard InChI is InChI=1S/C25H33N3O2S/c1-31-19-9-10-23-22(15-19)17(16-26-23)14-18-6-4-11-27(18)12-5-13-28-24(29)20-7-2-3-8-21(20)25(28)30/h9-10,15-16,18,20-21,26H,2-8,11-14H2,1H3/t18-,20-,21-/m1/s1. The summed E-state index contributed by atoms with van der Waals surface area (Å²) >= 11 is 1.79. The smallest absolute Gasteiger partial charge is 0.233 e. The van der Waals surface area contributed by atoms with E-state index >= 15 is 0 Å². The molecular weight excluding hydrogens is 406 g/mol. The Morgan fingerprint density at radius 1 is 1.03 bits per heavy atom. The molecule has 2 amide bonds. The lowest BCUT2D eigenvalue weighted by molar-refractivity contribution is -0.140. The van der Waals surface area contributed by atoms with Crippen LogP contribution in [-0.2, 0) is 16.0 Å². The highest BCUT2D eigenvalue weighted by Gasteiger charge is 2.47. The van der Waals surface area contributed by atoms with Gasteiger partial charge in [0.1, 0.15) is 0 Å². The first-order valence-electron chi connectivity index (χ1n) is 11.9. The quantitative estimate of drug-likeness (QED) is 0.511. The van der Waals surface area contributed by atoms with Crippen LogP contribution in [0.25, 0.3) is 10.9 Å². The third kappa shape index (κ3) is 4.05. The molecule has 0 radical (unpaired) electrons. The highest BCUT2D eigenvalue weighted by Crippen LogP contribution is 2.38. The van der Waals surface area contributed by atoms with Gasteiger partial charge in [-0.2, -0.15) is 0 Å². The molecule has 6 heteroatoms. The van der Waals surface area contributed by atoms with Gasteiger partial charge in [-0.05, 0) is 75.1 Å². The summed E-state index contributed by atoms with van der Waals surface area (Å²) in [5.74, 6) is 0.176. The Labute approximate surface area is 188 Å². The average Bonchev–Trinajstić information content (AvgIpc) is 3.48. The number of hydrogen-bond acceptors (Lipinski definition) is 4. The van der Waals surface area contributed by atoms with Crippen molar-refractivity contribution in [3.63, 3.8) is 0 Å². The van der Waals surface area contributed by atoms with E-state index in [0.717, 1.165) is 51.6 Å². The van der Waals surface area contributed by atoms with E-state index in [2.05, 4.69) is 40.5 Å². The van der Waals surface area contributed by atoms with Gasteiger partial charge < -0.3 is 4.98 Å². The van der Waals surface area contributed by atoms with Gasteiger partial charge in [0.15, 0.2) is 0 Å². The highest BCUT2D eigenvalue weighted by molar-refractivity contribution is 7.98. The zero-order valence-corrected chi connectivity index (χ0v) is 19.3. The fraction of sp³-hybridized carbons (Fsp3) is 0.600. The Morgan fingerprint density at radius 3 is 2.55 bits per heavy atom. The molecule has 3 atom stereocenters. The van der Waals surface area contributed by atoms with Crippen LogP contribution in [0.15, 0.2) is 29.3 Å². The van der Waals surface area contributed by atoms with Crippen molar-refractivity contribution in [3.05, 3.63) is 30.0 Å². The van der Waals surface area contributed by atoms with Gasteiger partial charge >= 0.3 is 0 Å². The van der Waals surface area contributed by atoms with Crippen LogP contribution < -0.4 is 0 Å². The van der Waals surface area contributed by atoms with E-state index in [9.17, 15) is 9.59 Å². The average molecular weight is 440 g/mol. The summed E-state index contributed by atoms with van der Waals surface area (Å²) in [7, 11) is 0. The van der Waals surface area contributed by atoms with Crippen molar-refractivity contribution >= 4 is 34.5 Å². The second-order valence-corrected chi connectivity index (χ2v) is 10.3. The van der Waals surface area contributed by atoms with E-state index in [1.54, 1.807) is 16.7 Å². The number of aromatic nitrogens is 1. The topological polar surface area (TPSA) is 56.4 Å². The Bertz CT molecular complexity index is 947. The molecule has 31 heavy (non-hydrogen) atoms. The maximum Gasteiger partial charge on any atom is 0.233 e. The summed E-state index contributed by atoms with van der Waals surface area (Å²) in [5, 5.41) is 1.34. The second-order valence-electron chi connectivity index (χ2n) is 9.44. The first-order valence-corrected chi connectivity index (χ1v) is 13.1. The number of carbonyl (C=O) groups excluding carboxylic acids is 2.